The van der Waals surface area contributed by atoms with E-state index in [-0.39, 0.29) is 18.0 Å². The number of hydrogen-bond acceptors (Lipinski definition) is 6. The van der Waals surface area contributed by atoms with Crippen molar-refractivity contribution < 1.29 is 4.79 Å². The molecule has 1 aliphatic carbocycles. The van der Waals surface area contributed by atoms with E-state index < -0.39 is 0 Å². The fraction of sp³-hybridized carbons (Fsp3) is 0.280. The molecule has 3 heterocycles. The van der Waals surface area contributed by atoms with Gasteiger partial charge in [-0.05, 0) is 43.7 Å². The number of fused-ring (bicyclic) bond motifs is 2. The fourth-order valence-electron chi connectivity index (χ4n) is 4.47. The van der Waals surface area contributed by atoms with Gasteiger partial charge < -0.3 is 5.32 Å². The Morgan fingerprint density at radius 3 is 2.76 bits per heavy atom. The standard InChI is InChI=1S/C25H22N4O2S2/c1-15-21(16-8-4-2-5-9-16)22-24(32-15)27-14-29(25(22)31)13-20(30)28-23-18(12-26)17-10-6-3-7-11-19(17)33-23/h2,4-5,8-9,14H,3,6-7,10-11,13H2,1H3,(H,28,30). The molecule has 3 aromatic heterocycles. The van der Waals surface area contributed by atoms with Crippen LogP contribution in [0.25, 0.3) is 21.3 Å². The topological polar surface area (TPSA) is 87.8 Å². The maximum atomic E-state index is 13.3. The lowest BCUT2D eigenvalue weighted by molar-refractivity contribution is -0.116. The zero-order valence-electron chi connectivity index (χ0n) is 18.2. The van der Waals surface area contributed by atoms with Crippen LogP contribution in [-0.2, 0) is 24.2 Å². The molecule has 8 heteroatoms. The van der Waals surface area contributed by atoms with Crippen molar-refractivity contribution >= 4 is 43.8 Å². The third kappa shape index (κ3) is 3.99. The lowest BCUT2D eigenvalue weighted by Crippen LogP contribution is -2.27. The quantitative estimate of drug-likeness (QED) is 0.408. The van der Waals surface area contributed by atoms with Crippen LogP contribution in [0.1, 0.15) is 40.1 Å². The smallest absolute Gasteiger partial charge is 0.263 e. The van der Waals surface area contributed by atoms with Crippen molar-refractivity contribution in [3.05, 3.63) is 67.9 Å². The van der Waals surface area contributed by atoms with E-state index in [2.05, 4.69) is 16.4 Å². The van der Waals surface area contributed by atoms with Crippen LogP contribution >= 0.6 is 22.7 Å². The summed E-state index contributed by atoms with van der Waals surface area (Å²) in [4.78, 5) is 33.6. The second kappa shape index (κ2) is 8.93. The van der Waals surface area contributed by atoms with Crippen molar-refractivity contribution in [1.29, 1.82) is 5.26 Å². The second-order valence-corrected chi connectivity index (χ2v) is 10.5. The monoisotopic (exact) mass is 474 g/mol. The fourth-order valence-corrected chi connectivity index (χ4v) is 6.73. The highest BCUT2D eigenvalue weighted by Gasteiger charge is 2.22. The van der Waals surface area contributed by atoms with E-state index in [9.17, 15) is 14.9 Å². The maximum absolute atomic E-state index is 13.3. The number of thiophene rings is 2. The third-order valence-electron chi connectivity index (χ3n) is 6.02. The van der Waals surface area contributed by atoms with Crippen molar-refractivity contribution in [2.24, 2.45) is 0 Å². The molecule has 0 bridgehead atoms. The van der Waals surface area contributed by atoms with Gasteiger partial charge in [0, 0.05) is 15.3 Å². The van der Waals surface area contributed by atoms with Gasteiger partial charge in [0.05, 0.1) is 17.3 Å². The van der Waals surface area contributed by atoms with E-state index >= 15 is 0 Å². The Kier molecular flexibility index (Phi) is 5.83. The molecular formula is C25H22N4O2S2. The number of aromatic nitrogens is 2. The summed E-state index contributed by atoms with van der Waals surface area (Å²) in [5.74, 6) is -0.334. The Hall–Kier alpha value is -3.28. The summed E-state index contributed by atoms with van der Waals surface area (Å²) in [6.07, 6.45) is 6.60. The number of nitrogens with zero attached hydrogens (tertiary/aromatic N) is 3. The molecular weight excluding hydrogens is 452 g/mol. The van der Waals surface area contributed by atoms with E-state index in [4.69, 9.17) is 0 Å². The van der Waals surface area contributed by atoms with Crippen molar-refractivity contribution in [3.63, 3.8) is 0 Å². The van der Waals surface area contributed by atoms with E-state index in [1.165, 1.54) is 44.9 Å². The average Bonchev–Trinajstić information content (AvgIpc) is 3.22. The highest BCUT2D eigenvalue weighted by atomic mass is 32.1. The highest BCUT2D eigenvalue weighted by molar-refractivity contribution is 7.19. The molecule has 0 radical (unpaired) electrons. The number of nitrogens with one attached hydrogen (secondary N) is 1. The van der Waals surface area contributed by atoms with Gasteiger partial charge in [-0.3, -0.25) is 14.2 Å². The number of hydrogen-bond donors (Lipinski definition) is 1. The van der Waals surface area contributed by atoms with Crippen molar-refractivity contribution in [2.75, 3.05) is 5.32 Å². The molecule has 0 saturated carbocycles. The van der Waals surface area contributed by atoms with Crippen LogP contribution < -0.4 is 10.9 Å². The first kappa shape index (κ1) is 21.6. The van der Waals surface area contributed by atoms with Gasteiger partial charge in [-0.15, -0.1) is 22.7 Å². The summed E-state index contributed by atoms with van der Waals surface area (Å²) in [5, 5.41) is 13.7. The minimum Gasteiger partial charge on any atom is -0.315 e. The van der Waals surface area contributed by atoms with Crippen LogP contribution in [0.2, 0.25) is 0 Å². The molecule has 0 aliphatic heterocycles. The Bertz CT molecular complexity index is 1460. The minimum absolute atomic E-state index is 0.154. The van der Waals surface area contributed by atoms with Crippen molar-refractivity contribution in [1.82, 2.24) is 9.55 Å². The first-order chi connectivity index (χ1) is 16.1. The van der Waals surface area contributed by atoms with Crippen LogP contribution in [0.3, 0.4) is 0 Å². The van der Waals surface area contributed by atoms with E-state index in [1.807, 2.05) is 37.3 Å². The predicted octanol–water partition coefficient (Wildman–Crippen LogP) is 5.27. The number of nitriles is 1. The van der Waals surface area contributed by atoms with Crippen LogP contribution in [-0.4, -0.2) is 15.5 Å². The minimum atomic E-state index is -0.334. The van der Waals surface area contributed by atoms with Gasteiger partial charge in [0.1, 0.15) is 22.4 Å². The zero-order valence-corrected chi connectivity index (χ0v) is 19.8. The van der Waals surface area contributed by atoms with Gasteiger partial charge in [0.2, 0.25) is 5.91 Å². The summed E-state index contributed by atoms with van der Waals surface area (Å²) in [6, 6.07) is 12.0. The first-order valence-electron chi connectivity index (χ1n) is 10.9. The molecule has 1 aromatic carbocycles. The molecule has 0 spiro atoms. The van der Waals surface area contributed by atoms with E-state index in [0.717, 1.165) is 47.3 Å². The Balaban J connectivity index is 1.46. The maximum Gasteiger partial charge on any atom is 0.263 e. The third-order valence-corrected chi connectivity index (χ3v) is 8.24. The van der Waals surface area contributed by atoms with Gasteiger partial charge in [-0.1, -0.05) is 36.8 Å². The zero-order chi connectivity index (χ0) is 22.9. The van der Waals surface area contributed by atoms with Crippen LogP contribution in [0.5, 0.6) is 0 Å². The SMILES string of the molecule is Cc1sc2ncn(CC(=O)Nc3sc4c(c3C#N)CCCCC4)c(=O)c2c1-c1ccccc1. The summed E-state index contributed by atoms with van der Waals surface area (Å²) in [7, 11) is 0. The van der Waals surface area contributed by atoms with Crippen molar-refractivity contribution in [3.8, 4) is 17.2 Å². The largest absolute Gasteiger partial charge is 0.315 e. The van der Waals surface area contributed by atoms with Gasteiger partial charge in [-0.25, -0.2) is 4.98 Å². The highest BCUT2D eigenvalue weighted by Crippen LogP contribution is 2.37. The lowest BCUT2D eigenvalue weighted by Gasteiger charge is -2.07. The number of rotatable bonds is 4. The molecule has 0 fully saturated rings. The molecule has 0 saturated heterocycles. The Morgan fingerprint density at radius 2 is 1.97 bits per heavy atom. The van der Waals surface area contributed by atoms with Crippen LogP contribution in [0.4, 0.5) is 5.00 Å². The van der Waals surface area contributed by atoms with Crippen LogP contribution in [0, 0.1) is 18.3 Å². The number of amides is 1. The predicted molar refractivity (Wildman–Crippen MR) is 133 cm³/mol. The molecule has 0 atom stereocenters. The number of carbonyl (C=O) groups is 1. The summed E-state index contributed by atoms with van der Waals surface area (Å²) >= 11 is 2.97. The number of anilines is 1. The van der Waals surface area contributed by atoms with Gasteiger partial charge in [-0.2, -0.15) is 5.26 Å². The van der Waals surface area contributed by atoms with Crippen molar-refractivity contribution in [2.45, 2.75) is 45.6 Å². The summed E-state index contributed by atoms with van der Waals surface area (Å²) in [6.45, 7) is 1.83. The molecule has 1 amide bonds. The van der Waals surface area contributed by atoms with Gasteiger partial charge >= 0.3 is 0 Å². The van der Waals surface area contributed by atoms with Crippen LogP contribution in [0.15, 0.2) is 41.5 Å². The average molecular weight is 475 g/mol. The summed E-state index contributed by atoms with van der Waals surface area (Å²) < 4.78 is 1.35. The molecule has 0 unspecified atom stereocenters. The number of aryl methyl sites for hydroxylation is 2. The molecule has 1 N–H and O–H groups in total. The number of benzene rings is 1. The van der Waals surface area contributed by atoms with Gasteiger partial charge in [0.15, 0.2) is 0 Å². The summed E-state index contributed by atoms with van der Waals surface area (Å²) in [5.41, 5.74) is 3.25. The molecule has 5 rings (SSSR count). The van der Waals surface area contributed by atoms with Gasteiger partial charge in [0.25, 0.3) is 5.56 Å². The normalized spacial score (nSPS) is 13.3. The first-order valence-corrected chi connectivity index (χ1v) is 12.6. The van der Waals surface area contributed by atoms with E-state index in [0.29, 0.717) is 20.8 Å². The lowest BCUT2D eigenvalue weighted by atomic mass is 10.0. The molecule has 33 heavy (non-hydrogen) atoms. The second-order valence-electron chi connectivity index (χ2n) is 8.19. The Labute approximate surface area is 199 Å². The number of carbonyl (C=O) groups excluding carboxylic acids is 1. The Morgan fingerprint density at radius 1 is 1.18 bits per heavy atom. The molecule has 6 nitrogen and oxygen atoms in total. The molecule has 4 aromatic rings. The molecule has 166 valence electrons. The molecule has 1 aliphatic rings. The van der Waals surface area contributed by atoms with E-state index in [1.54, 1.807) is 0 Å².